The molecule has 0 saturated carbocycles. The Bertz CT molecular complexity index is 1070. The molecule has 1 saturated heterocycles. The Labute approximate surface area is 183 Å². The van der Waals surface area contributed by atoms with Gasteiger partial charge in [0.2, 0.25) is 5.91 Å². The number of hydrogen-bond donors (Lipinski definition) is 1. The van der Waals surface area contributed by atoms with E-state index in [9.17, 15) is 9.59 Å². The molecule has 30 heavy (non-hydrogen) atoms. The number of carbonyl (C=O) groups is 1. The molecule has 7 nitrogen and oxygen atoms in total. The second-order valence-electron chi connectivity index (χ2n) is 7.33. The molecule has 1 aliphatic rings. The van der Waals surface area contributed by atoms with Gasteiger partial charge in [0.15, 0.2) is 4.96 Å². The number of nitrogens with zero attached hydrogens (tertiary/aromatic N) is 4. The van der Waals surface area contributed by atoms with E-state index in [2.05, 4.69) is 45.3 Å². The molecule has 0 atom stereocenters. The largest absolute Gasteiger partial charge is 0.369 e. The molecular weight excluding hydrogens is 418 g/mol. The number of benzene rings is 1. The number of likely N-dealkylation sites (N-methyl/N-ethyl adjacent to an activating group) is 1. The Morgan fingerprint density at radius 3 is 2.87 bits per heavy atom. The first-order chi connectivity index (χ1) is 14.6. The zero-order chi connectivity index (χ0) is 20.9. The number of thiazole rings is 1. The van der Waals surface area contributed by atoms with E-state index < -0.39 is 0 Å². The van der Waals surface area contributed by atoms with Gasteiger partial charge in [-0.25, -0.2) is 4.98 Å². The Morgan fingerprint density at radius 2 is 2.03 bits per heavy atom. The van der Waals surface area contributed by atoms with Gasteiger partial charge in [0.05, 0.1) is 11.4 Å². The molecule has 1 aromatic carbocycles. The third-order valence-electron chi connectivity index (χ3n) is 5.15. The number of anilines is 1. The summed E-state index contributed by atoms with van der Waals surface area (Å²) in [7, 11) is 2.14. The maximum absolute atomic E-state index is 12.3. The van der Waals surface area contributed by atoms with Crippen LogP contribution in [0, 0.1) is 0 Å². The Hall–Kier alpha value is -2.36. The number of piperazine rings is 1. The van der Waals surface area contributed by atoms with Gasteiger partial charge in [-0.05, 0) is 18.7 Å². The third kappa shape index (κ3) is 5.03. The van der Waals surface area contributed by atoms with Gasteiger partial charge in [0.1, 0.15) is 0 Å². The van der Waals surface area contributed by atoms with Crippen LogP contribution in [0.3, 0.4) is 0 Å². The first-order valence-corrected chi connectivity index (χ1v) is 12.0. The summed E-state index contributed by atoms with van der Waals surface area (Å²) in [6, 6.07) is 9.81. The van der Waals surface area contributed by atoms with Crippen molar-refractivity contribution in [3.8, 4) is 0 Å². The van der Waals surface area contributed by atoms with E-state index in [-0.39, 0.29) is 11.5 Å². The lowest BCUT2D eigenvalue weighted by Crippen LogP contribution is -2.45. The van der Waals surface area contributed by atoms with Gasteiger partial charge in [-0.15, -0.1) is 23.1 Å². The first-order valence-electron chi connectivity index (χ1n) is 9.92. The third-order valence-corrected chi connectivity index (χ3v) is 6.87. The summed E-state index contributed by atoms with van der Waals surface area (Å²) in [6.45, 7) is 4.61. The van der Waals surface area contributed by atoms with Crippen LogP contribution in [0.5, 0.6) is 0 Å². The molecule has 3 aromatic rings. The predicted octanol–water partition coefficient (Wildman–Crippen LogP) is 2.06. The van der Waals surface area contributed by atoms with Crippen molar-refractivity contribution in [2.45, 2.75) is 12.3 Å². The molecule has 1 N–H and O–H groups in total. The van der Waals surface area contributed by atoms with E-state index >= 15 is 0 Å². The fourth-order valence-corrected chi connectivity index (χ4v) is 4.96. The molecule has 0 unspecified atom stereocenters. The molecule has 0 aliphatic carbocycles. The number of carbonyl (C=O) groups excluding carboxylic acids is 1. The maximum atomic E-state index is 12.3. The average molecular weight is 444 g/mol. The van der Waals surface area contributed by atoms with Crippen LogP contribution in [0.25, 0.3) is 4.96 Å². The highest BCUT2D eigenvalue weighted by atomic mass is 32.2. The van der Waals surface area contributed by atoms with Crippen molar-refractivity contribution in [3.05, 3.63) is 63.5 Å². The highest BCUT2D eigenvalue weighted by molar-refractivity contribution is 7.99. The highest BCUT2D eigenvalue weighted by Crippen LogP contribution is 2.21. The van der Waals surface area contributed by atoms with E-state index in [1.807, 2.05) is 11.4 Å². The van der Waals surface area contributed by atoms with E-state index in [1.165, 1.54) is 39.3 Å². The van der Waals surface area contributed by atoms with Crippen molar-refractivity contribution < 1.29 is 4.79 Å². The lowest BCUT2D eigenvalue weighted by atomic mass is 10.1. The van der Waals surface area contributed by atoms with E-state index in [4.69, 9.17) is 0 Å². The van der Waals surface area contributed by atoms with Gasteiger partial charge < -0.3 is 15.1 Å². The summed E-state index contributed by atoms with van der Waals surface area (Å²) in [6.07, 6.45) is 1.72. The second kappa shape index (κ2) is 9.63. The van der Waals surface area contributed by atoms with Gasteiger partial charge in [-0.1, -0.05) is 18.2 Å². The summed E-state index contributed by atoms with van der Waals surface area (Å²) >= 11 is 2.90. The van der Waals surface area contributed by atoms with Crippen molar-refractivity contribution in [3.63, 3.8) is 0 Å². The lowest BCUT2D eigenvalue weighted by Gasteiger charge is -2.35. The molecule has 3 heterocycles. The highest BCUT2D eigenvalue weighted by Gasteiger charge is 2.17. The van der Waals surface area contributed by atoms with Gasteiger partial charge in [0.25, 0.3) is 5.56 Å². The topological polar surface area (TPSA) is 70.0 Å². The molecule has 0 bridgehead atoms. The van der Waals surface area contributed by atoms with Crippen molar-refractivity contribution in [2.75, 3.05) is 43.9 Å². The summed E-state index contributed by atoms with van der Waals surface area (Å²) in [5.41, 5.74) is 2.97. The molecule has 1 aliphatic heterocycles. The average Bonchev–Trinajstić information content (AvgIpc) is 3.22. The fourth-order valence-electron chi connectivity index (χ4n) is 3.47. The number of thioether (sulfide) groups is 1. The Morgan fingerprint density at radius 1 is 1.23 bits per heavy atom. The van der Waals surface area contributed by atoms with Crippen molar-refractivity contribution in [1.29, 1.82) is 0 Å². The number of rotatable bonds is 7. The number of hydrogen-bond acceptors (Lipinski definition) is 7. The SMILES string of the molecule is CN1CCN(c2ccccc2CNC(=O)CSCc2cc(=O)n3ccsc3n2)CC1. The smallest absolute Gasteiger partial charge is 0.258 e. The monoisotopic (exact) mass is 443 g/mol. The van der Waals surface area contributed by atoms with Crippen LogP contribution >= 0.6 is 23.1 Å². The van der Waals surface area contributed by atoms with Gasteiger partial charge in [-0.2, -0.15) is 0 Å². The van der Waals surface area contributed by atoms with Crippen LogP contribution in [0.15, 0.2) is 46.7 Å². The Balaban J connectivity index is 1.28. The first kappa shape index (κ1) is 20.9. The standard InChI is InChI=1S/C21H25N5O2S2/c1-24-6-8-25(9-7-24)18-5-3-2-4-16(18)13-22-19(27)15-29-14-17-12-20(28)26-10-11-30-21(26)23-17/h2-5,10-12H,6-9,13-15H2,1H3,(H,22,27). The van der Waals surface area contributed by atoms with Crippen molar-refractivity contribution in [1.82, 2.24) is 19.6 Å². The minimum Gasteiger partial charge on any atom is -0.369 e. The zero-order valence-corrected chi connectivity index (χ0v) is 18.5. The molecule has 158 valence electrons. The number of para-hydroxylation sites is 1. The molecule has 4 rings (SSSR count). The maximum Gasteiger partial charge on any atom is 0.258 e. The van der Waals surface area contributed by atoms with Gasteiger partial charge >= 0.3 is 0 Å². The van der Waals surface area contributed by atoms with Gasteiger partial charge in [-0.3, -0.25) is 14.0 Å². The number of aromatic nitrogens is 2. The van der Waals surface area contributed by atoms with E-state index in [0.717, 1.165) is 31.7 Å². The normalized spacial score (nSPS) is 14.9. The van der Waals surface area contributed by atoms with Crippen LogP contribution in [0.2, 0.25) is 0 Å². The van der Waals surface area contributed by atoms with E-state index in [0.29, 0.717) is 28.7 Å². The minimum absolute atomic E-state index is 0.0119. The van der Waals surface area contributed by atoms with E-state index in [1.54, 1.807) is 6.20 Å². The molecule has 0 spiro atoms. The number of nitrogens with one attached hydrogen (secondary N) is 1. The molecular formula is C21H25N5O2S2. The minimum atomic E-state index is -0.0817. The number of amides is 1. The molecule has 2 aromatic heterocycles. The number of fused-ring (bicyclic) bond motifs is 1. The molecule has 0 radical (unpaired) electrons. The van der Waals surface area contributed by atoms with Crippen molar-refractivity contribution >= 4 is 39.7 Å². The van der Waals surface area contributed by atoms with Crippen LogP contribution in [-0.4, -0.2) is 59.2 Å². The summed E-state index contributed by atoms with van der Waals surface area (Å²) < 4.78 is 1.53. The molecule has 1 fully saturated rings. The van der Waals surface area contributed by atoms with Gasteiger partial charge in [0, 0.05) is 61.8 Å². The molecule has 9 heteroatoms. The summed E-state index contributed by atoms with van der Waals surface area (Å²) in [5, 5.41) is 4.87. The predicted molar refractivity (Wildman–Crippen MR) is 123 cm³/mol. The molecule has 1 amide bonds. The van der Waals surface area contributed by atoms with Crippen LogP contribution < -0.4 is 15.8 Å². The van der Waals surface area contributed by atoms with Crippen LogP contribution in [0.1, 0.15) is 11.3 Å². The summed E-state index contributed by atoms with van der Waals surface area (Å²) in [4.78, 5) is 34.3. The quantitative estimate of drug-likeness (QED) is 0.603. The second-order valence-corrected chi connectivity index (χ2v) is 9.19. The lowest BCUT2D eigenvalue weighted by molar-refractivity contribution is -0.118. The van der Waals surface area contributed by atoms with Crippen LogP contribution in [0.4, 0.5) is 5.69 Å². The van der Waals surface area contributed by atoms with Crippen molar-refractivity contribution in [2.24, 2.45) is 0 Å². The van der Waals surface area contributed by atoms with Crippen LogP contribution in [-0.2, 0) is 17.1 Å². The zero-order valence-electron chi connectivity index (χ0n) is 16.9. The fraction of sp³-hybridized carbons (Fsp3) is 0.381. The summed E-state index contributed by atoms with van der Waals surface area (Å²) in [5.74, 6) is 0.860. The Kier molecular flexibility index (Phi) is 6.71.